The van der Waals surface area contributed by atoms with Gasteiger partial charge in [0.15, 0.2) is 0 Å². The van der Waals surface area contributed by atoms with Gasteiger partial charge >= 0.3 is 5.69 Å². The summed E-state index contributed by atoms with van der Waals surface area (Å²) in [7, 11) is 0. The zero-order valence-corrected chi connectivity index (χ0v) is 8.50. The van der Waals surface area contributed by atoms with Crippen LogP contribution < -0.4 is 11.2 Å². The standard InChI is InChI=1S/C11H9FN2O2/c1-6-2-3-7(12)4-8(6)9-5-13-11(16)14-10(9)15/h2-5H,1H3,(H2,13,14,15,16). The zero-order chi connectivity index (χ0) is 11.7. The lowest BCUT2D eigenvalue weighted by atomic mass is 10.0. The van der Waals surface area contributed by atoms with Crippen LogP contribution in [0.25, 0.3) is 11.1 Å². The Labute approximate surface area is 89.8 Å². The van der Waals surface area contributed by atoms with E-state index in [0.29, 0.717) is 5.56 Å². The number of nitrogens with one attached hydrogen (secondary N) is 2. The minimum atomic E-state index is -0.581. The van der Waals surface area contributed by atoms with Gasteiger partial charge in [-0.25, -0.2) is 9.18 Å². The maximum atomic E-state index is 13.1. The van der Waals surface area contributed by atoms with Crippen LogP contribution in [0.1, 0.15) is 5.56 Å². The Morgan fingerprint density at radius 3 is 2.62 bits per heavy atom. The summed E-state index contributed by atoms with van der Waals surface area (Å²) in [5.41, 5.74) is 0.369. The molecule has 82 valence electrons. The summed E-state index contributed by atoms with van der Waals surface area (Å²) in [6, 6.07) is 4.16. The molecule has 1 aromatic heterocycles. The molecule has 0 fully saturated rings. The third kappa shape index (κ3) is 1.79. The number of aromatic amines is 2. The number of aryl methyl sites for hydroxylation is 1. The molecule has 2 aromatic rings. The van der Waals surface area contributed by atoms with Gasteiger partial charge in [-0.15, -0.1) is 0 Å². The van der Waals surface area contributed by atoms with Crippen molar-refractivity contribution in [3.05, 3.63) is 56.6 Å². The van der Waals surface area contributed by atoms with Crippen molar-refractivity contribution in [1.29, 1.82) is 0 Å². The van der Waals surface area contributed by atoms with Gasteiger partial charge in [0.1, 0.15) is 5.82 Å². The van der Waals surface area contributed by atoms with Crippen molar-refractivity contribution in [1.82, 2.24) is 9.97 Å². The third-order valence-electron chi connectivity index (χ3n) is 2.31. The maximum Gasteiger partial charge on any atom is 0.325 e. The highest BCUT2D eigenvalue weighted by Gasteiger charge is 2.07. The molecule has 0 aliphatic heterocycles. The van der Waals surface area contributed by atoms with Crippen molar-refractivity contribution < 1.29 is 4.39 Å². The normalized spacial score (nSPS) is 10.4. The molecule has 0 aliphatic carbocycles. The fourth-order valence-electron chi connectivity index (χ4n) is 1.49. The lowest BCUT2D eigenvalue weighted by molar-refractivity contribution is 0.628. The van der Waals surface area contributed by atoms with E-state index >= 15 is 0 Å². The molecule has 0 saturated heterocycles. The molecular formula is C11H9FN2O2. The quantitative estimate of drug-likeness (QED) is 0.757. The van der Waals surface area contributed by atoms with Gasteiger partial charge in [-0.2, -0.15) is 0 Å². The second-order valence-electron chi connectivity index (χ2n) is 3.44. The molecule has 2 rings (SSSR count). The predicted molar refractivity (Wildman–Crippen MR) is 57.8 cm³/mol. The molecule has 2 N–H and O–H groups in total. The van der Waals surface area contributed by atoms with Crippen molar-refractivity contribution in [3.8, 4) is 11.1 Å². The number of halogens is 1. The number of rotatable bonds is 1. The molecule has 0 bridgehead atoms. The number of benzene rings is 1. The first-order valence-corrected chi connectivity index (χ1v) is 4.66. The van der Waals surface area contributed by atoms with Crippen LogP contribution in [-0.2, 0) is 0 Å². The fraction of sp³-hybridized carbons (Fsp3) is 0.0909. The van der Waals surface area contributed by atoms with Crippen molar-refractivity contribution >= 4 is 0 Å². The minimum Gasteiger partial charge on any atom is -0.313 e. The highest BCUT2D eigenvalue weighted by atomic mass is 19.1. The van der Waals surface area contributed by atoms with Crippen LogP contribution in [0.3, 0.4) is 0 Å². The minimum absolute atomic E-state index is 0.247. The van der Waals surface area contributed by atoms with Gasteiger partial charge in [0.25, 0.3) is 5.56 Å². The van der Waals surface area contributed by atoms with Crippen molar-refractivity contribution in [2.24, 2.45) is 0 Å². The predicted octanol–water partition coefficient (Wildman–Crippen LogP) is 1.18. The molecular weight excluding hydrogens is 211 g/mol. The molecule has 0 unspecified atom stereocenters. The van der Waals surface area contributed by atoms with Gasteiger partial charge in [-0.1, -0.05) is 6.07 Å². The van der Waals surface area contributed by atoms with Crippen LogP contribution in [0, 0.1) is 12.7 Å². The van der Waals surface area contributed by atoms with Crippen LogP contribution in [-0.4, -0.2) is 9.97 Å². The van der Waals surface area contributed by atoms with E-state index < -0.39 is 17.1 Å². The van der Waals surface area contributed by atoms with E-state index in [0.717, 1.165) is 5.56 Å². The lowest BCUT2D eigenvalue weighted by Crippen LogP contribution is -2.22. The van der Waals surface area contributed by atoms with Gasteiger partial charge in [0, 0.05) is 6.20 Å². The average Bonchev–Trinajstić information content (AvgIpc) is 2.22. The molecule has 4 nitrogen and oxygen atoms in total. The highest BCUT2D eigenvalue weighted by Crippen LogP contribution is 2.19. The van der Waals surface area contributed by atoms with Crippen molar-refractivity contribution in [3.63, 3.8) is 0 Å². The molecule has 1 heterocycles. The molecule has 0 spiro atoms. The van der Waals surface area contributed by atoms with Gasteiger partial charge in [-0.3, -0.25) is 9.78 Å². The van der Waals surface area contributed by atoms with Crippen molar-refractivity contribution in [2.45, 2.75) is 6.92 Å². The second kappa shape index (κ2) is 3.77. The van der Waals surface area contributed by atoms with E-state index in [9.17, 15) is 14.0 Å². The number of H-pyrrole nitrogens is 2. The highest BCUT2D eigenvalue weighted by molar-refractivity contribution is 5.65. The average molecular weight is 220 g/mol. The van der Waals surface area contributed by atoms with E-state index in [4.69, 9.17) is 0 Å². The molecule has 0 atom stereocenters. The van der Waals surface area contributed by atoms with E-state index in [2.05, 4.69) is 9.97 Å². The summed E-state index contributed by atoms with van der Waals surface area (Å²) < 4.78 is 13.1. The van der Waals surface area contributed by atoms with E-state index in [1.54, 1.807) is 13.0 Å². The Balaban J connectivity index is 2.72. The largest absolute Gasteiger partial charge is 0.325 e. The van der Waals surface area contributed by atoms with Crippen LogP contribution in [0.2, 0.25) is 0 Å². The molecule has 0 radical (unpaired) electrons. The summed E-state index contributed by atoms with van der Waals surface area (Å²) in [5, 5.41) is 0. The van der Waals surface area contributed by atoms with E-state index in [-0.39, 0.29) is 5.56 Å². The molecule has 0 amide bonds. The van der Waals surface area contributed by atoms with Gasteiger partial charge in [-0.05, 0) is 30.2 Å². The van der Waals surface area contributed by atoms with Gasteiger partial charge in [0.05, 0.1) is 5.56 Å². The summed E-state index contributed by atoms with van der Waals surface area (Å²) in [6.07, 6.45) is 1.28. The second-order valence-corrected chi connectivity index (χ2v) is 3.44. The number of aromatic nitrogens is 2. The first kappa shape index (κ1) is 10.4. The van der Waals surface area contributed by atoms with Gasteiger partial charge in [0.2, 0.25) is 0 Å². The summed E-state index contributed by atoms with van der Waals surface area (Å²) in [6.45, 7) is 1.76. The van der Waals surface area contributed by atoms with Crippen LogP contribution in [0.5, 0.6) is 0 Å². The summed E-state index contributed by atoms with van der Waals surface area (Å²) >= 11 is 0. The molecule has 1 aromatic carbocycles. The van der Waals surface area contributed by atoms with E-state index in [1.807, 2.05) is 0 Å². The monoisotopic (exact) mass is 220 g/mol. The maximum absolute atomic E-state index is 13.1. The smallest absolute Gasteiger partial charge is 0.313 e. The summed E-state index contributed by atoms with van der Waals surface area (Å²) in [4.78, 5) is 26.8. The molecule has 0 aliphatic rings. The van der Waals surface area contributed by atoms with Crippen LogP contribution in [0.15, 0.2) is 34.0 Å². The Kier molecular flexibility index (Phi) is 2.44. The Morgan fingerprint density at radius 1 is 1.19 bits per heavy atom. The van der Waals surface area contributed by atoms with Crippen LogP contribution in [0.4, 0.5) is 4.39 Å². The fourth-order valence-corrected chi connectivity index (χ4v) is 1.49. The Morgan fingerprint density at radius 2 is 1.94 bits per heavy atom. The topological polar surface area (TPSA) is 65.7 Å². The third-order valence-corrected chi connectivity index (χ3v) is 2.31. The number of hydrogen-bond acceptors (Lipinski definition) is 2. The SMILES string of the molecule is Cc1ccc(F)cc1-c1c[nH]c(=O)[nH]c1=O. The Hall–Kier alpha value is -2.17. The number of hydrogen-bond donors (Lipinski definition) is 2. The van der Waals surface area contributed by atoms with E-state index in [1.165, 1.54) is 18.3 Å². The first-order valence-electron chi connectivity index (χ1n) is 4.66. The molecule has 5 heteroatoms. The van der Waals surface area contributed by atoms with Crippen molar-refractivity contribution in [2.75, 3.05) is 0 Å². The summed E-state index contributed by atoms with van der Waals surface area (Å²) in [5.74, 6) is -0.425. The zero-order valence-electron chi connectivity index (χ0n) is 8.50. The van der Waals surface area contributed by atoms with Crippen LogP contribution >= 0.6 is 0 Å². The lowest BCUT2D eigenvalue weighted by Gasteiger charge is -2.04. The molecule has 16 heavy (non-hydrogen) atoms. The van der Waals surface area contributed by atoms with Gasteiger partial charge < -0.3 is 4.98 Å². The first-order chi connectivity index (χ1) is 7.58. The Bertz CT molecular complexity index is 643. The molecule has 0 saturated carbocycles.